The van der Waals surface area contributed by atoms with E-state index in [9.17, 15) is 4.79 Å². The molecule has 0 rings (SSSR count). The van der Waals surface area contributed by atoms with Crippen molar-refractivity contribution in [3.05, 3.63) is 11.5 Å². The third-order valence-electron chi connectivity index (χ3n) is 1.21. The van der Waals surface area contributed by atoms with Gasteiger partial charge in [-0.3, -0.25) is 0 Å². The Morgan fingerprint density at radius 3 is 2.60 bits per heavy atom. The molecule has 0 radical (unpaired) electrons. The van der Waals surface area contributed by atoms with Crippen LogP contribution in [0.2, 0.25) is 0 Å². The minimum Gasteiger partial charge on any atom is -0.457 e. The van der Waals surface area contributed by atoms with E-state index in [2.05, 4.69) is 0 Å². The first-order valence-corrected chi connectivity index (χ1v) is 5.70. The van der Waals surface area contributed by atoms with Crippen LogP contribution in [0.15, 0.2) is 11.5 Å². The molecule has 0 amide bonds. The predicted molar refractivity (Wildman–Crippen MR) is 60.5 cm³/mol. The van der Waals surface area contributed by atoms with E-state index in [0.29, 0.717) is 5.75 Å². The van der Waals surface area contributed by atoms with Gasteiger partial charge in [-0.1, -0.05) is 0 Å². The number of thioether (sulfide) groups is 1. The maximum absolute atomic E-state index is 11.1. The average Bonchev–Trinajstić information content (AvgIpc) is 2.09. The molecule has 0 aliphatic heterocycles. The maximum Gasteiger partial charge on any atom is 0.331 e. The van der Waals surface area contributed by atoms with Crippen molar-refractivity contribution in [2.45, 2.75) is 32.5 Å². The topological polar surface area (TPSA) is 66.8 Å². The van der Waals surface area contributed by atoms with Gasteiger partial charge in [0.25, 0.3) is 0 Å². The van der Waals surface area contributed by atoms with E-state index in [1.165, 1.54) is 17.8 Å². The smallest absolute Gasteiger partial charge is 0.331 e. The first kappa shape index (κ1) is 14.5. The van der Waals surface area contributed by atoms with E-state index in [1.54, 1.807) is 26.2 Å². The zero-order valence-electron chi connectivity index (χ0n) is 9.27. The Bertz CT molecular complexity index is 220. The number of aliphatic hydroxyl groups is 2. The predicted octanol–water partition coefficient (Wildman–Crippen LogP) is 0.928. The molecule has 0 aromatic heterocycles. The Morgan fingerprint density at radius 1 is 1.53 bits per heavy atom. The number of hydrogen-bond donors (Lipinski definition) is 2. The number of aliphatic hydroxyl groups excluding tert-OH is 2. The number of esters is 1. The van der Waals surface area contributed by atoms with Crippen LogP contribution in [0.1, 0.15) is 20.8 Å². The summed E-state index contributed by atoms with van der Waals surface area (Å²) in [5, 5.41) is 19.1. The fourth-order valence-corrected chi connectivity index (χ4v) is 1.30. The molecule has 88 valence electrons. The van der Waals surface area contributed by atoms with Crippen LogP contribution in [0.5, 0.6) is 0 Å². The van der Waals surface area contributed by atoms with E-state index >= 15 is 0 Å². The van der Waals surface area contributed by atoms with Gasteiger partial charge in [0.2, 0.25) is 0 Å². The first-order valence-electron chi connectivity index (χ1n) is 4.65. The summed E-state index contributed by atoms with van der Waals surface area (Å²) in [5.74, 6) is -0.0519. The van der Waals surface area contributed by atoms with Gasteiger partial charge in [0.15, 0.2) is 0 Å². The summed E-state index contributed by atoms with van der Waals surface area (Å²) in [6.45, 7) is 5.11. The van der Waals surface area contributed by atoms with Crippen LogP contribution in [-0.4, -0.2) is 40.2 Å². The summed E-state index contributed by atoms with van der Waals surface area (Å²) in [4.78, 5) is 11.1. The SMILES string of the molecule is CC(C)(C)OC(=O)/C=C/SCC(O)CO. The lowest BCUT2D eigenvalue weighted by molar-refractivity contribution is -0.148. The summed E-state index contributed by atoms with van der Waals surface area (Å²) < 4.78 is 5.02. The first-order chi connectivity index (χ1) is 6.85. The van der Waals surface area contributed by atoms with Crippen LogP contribution in [0, 0.1) is 0 Å². The number of carbonyl (C=O) groups is 1. The Hall–Kier alpha value is -0.520. The van der Waals surface area contributed by atoms with E-state index in [-0.39, 0.29) is 6.61 Å². The van der Waals surface area contributed by atoms with E-state index in [4.69, 9.17) is 14.9 Å². The van der Waals surface area contributed by atoms with Crippen molar-refractivity contribution < 1.29 is 19.7 Å². The molecular weight excluding hydrogens is 216 g/mol. The highest BCUT2D eigenvalue weighted by Crippen LogP contribution is 2.09. The van der Waals surface area contributed by atoms with Gasteiger partial charge < -0.3 is 14.9 Å². The van der Waals surface area contributed by atoms with Gasteiger partial charge in [-0.15, -0.1) is 11.8 Å². The van der Waals surface area contributed by atoms with Gasteiger partial charge in [-0.25, -0.2) is 4.79 Å². The Labute approximate surface area is 94.3 Å². The summed E-state index contributed by atoms with van der Waals surface area (Å²) in [6.07, 6.45) is 0.554. The third kappa shape index (κ3) is 9.78. The quantitative estimate of drug-likeness (QED) is 0.547. The lowest BCUT2D eigenvalue weighted by atomic mass is 10.2. The van der Waals surface area contributed by atoms with E-state index in [0.717, 1.165) is 0 Å². The van der Waals surface area contributed by atoms with Crippen LogP contribution < -0.4 is 0 Å². The van der Waals surface area contributed by atoms with Crippen molar-refractivity contribution in [3.63, 3.8) is 0 Å². The van der Waals surface area contributed by atoms with Crippen molar-refractivity contribution in [2.24, 2.45) is 0 Å². The highest BCUT2D eigenvalue weighted by molar-refractivity contribution is 8.02. The molecule has 0 saturated heterocycles. The number of ether oxygens (including phenoxy) is 1. The minimum atomic E-state index is -0.752. The van der Waals surface area contributed by atoms with Gasteiger partial charge in [0, 0.05) is 11.8 Å². The third-order valence-corrected chi connectivity index (χ3v) is 2.11. The average molecular weight is 234 g/mol. The van der Waals surface area contributed by atoms with Crippen LogP contribution in [-0.2, 0) is 9.53 Å². The molecule has 1 atom stereocenters. The van der Waals surface area contributed by atoms with Crippen molar-refractivity contribution in [2.75, 3.05) is 12.4 Å². The molecule has 0 saturated carbocycles. The van der Waals surface area contributed by atoms with Gasteiger partial charge in [-0.05, 0) is 26.2 Å². The second kappa shape index (κ2) is 6.87. The maximum atomic E-state index is 11.1. The Kier molecular flexibility index (Phi) is 6.63. The van der Waals surface area contributed by atoms with Gasteiger partial charge in [-0.2, -0.15) is 0 Å². The van der Waals surface area contributed by atoms with Crippen LogP contribution in [0.4, 0.5) is 0 Å². The second-order valence-corrected chi connectivity index (χ2v) is 4.94. The largest absolute Gasteiger partial charge is 0.457 e. The van der Waals surface area contributed by atoms with Crippen LogP contribution in [0.25, 0.3) is 0 Å². The zero-order valence-corrected chi connectivity index (χ0v) is 10.1. The van der Waals surface area contributed by atoms with Crippen LogP contribution in [0.3, 0.4) is 0 Å². The summed E-state index contributed by atoms with van der Waals surface area (Å²) in [5.41, 5.74) is -0.489. The highest BCUT2D eigenvalue weighted by Gasteiger charge is 2.13. The summed E-state index contributed by atoms with van der Waals surface area (Å²) >= 11 is 1.25. The lowest BCUT2D eigenvalue weighted by Crippen LogP contribution is -2.22. The normalized spacial score (nSPS) is 14.2. The van der Waals surface area contributed by atoms with E-state index in [1.807, 2.05) is 0 Å². The molecule has 0 aromatic carbocycles. The minimum absolute atomic E-state index is 0.271. The summed E-state index contributed by atoms with van der Waals surface area (Å²) in [7, 11) is 0. The molecule has 15 heavy (non-hydrogen) atoms. The molecule has 0 heterocycles. The molecule has 1 unspecified atom stereocenters. The van der Waals surface area contributed by atoms with Gasteiger partial charge >= 0.3 is 5.97 Å². The zero-order chi connectivity index (χ0) is 11.9. The van der Waals surface area contributed by atoms with Crippen LogP contribution >= 0.6 is 11.8 Å². The van der Waals surface area contributed by atoms with Crippen molar-refractivity contribution in [1.82, 2.24) is 0 Å². The van der Waals surface area contributed by atoms with Crippen molar-refractivity contribution in [3.8, 4) is 0 Å². The molecule has 4 nitrogen and oxygen atoms in total. The molecule has 0 aromatic rings. The Balaban J connectivity index is 3.73. The van der Waals surface area contributed by atoms with Crippen molar-refractivity contribution >= 4 is 17.7 Å². The number of carbonyl (C=O) groups excluding carboxylic acids is 1. The molecule has 0 aliphatic carbocycles. The standard InChI is InChI=1S/C10H18O4S/c1-10(2,3)14-9(13)4-5-15-7-8(12)6-11/h4-5,8,11-12H,6-7H2,1-3H3/b5-4+. The fraction of sp³-hybridized carbons (Fsp3) is 0.700. The number of rotatable bonds is 5. The summed E-state index contributed by atoms with van der Waals surface area (Å²) in [6, 6.07) is 0. The molecule has 0 bridgehead atoms. The molecule has 2 N–H and O–H groups in total. The highest BCUT2D eigenvalue weighted by atomic mass is 32.2. The monoisotopic (exact) mass is 234 g/mol. The van der Waals surface area contributed by atoms with Gasteiger partial charge in [0.05, 0.1) is 12.7 Å². The lowest BCUT2D eigenvalue weighted by Gasteiger charge is -2.17. The molecule has 0 aliphatic rings. The van der Waals surface area contributed by atoms with E-state index < -0.39 is 17.7 Å². The Morgan fingerprint density at radius 2 is 2.13 bits per heavy atom. The second-order valence-electron chi connectivity index (χ2n) is 4.01. The molecule has 0 spiro atoms. The molecule has 5 heteroatoms. The van der Waals surface area contributed by atoms with Gasteiger partial charge in [0.1, 0.15) is 5.60 Å². The fourth-order valence-electron chi connectivity index (χ4n) is 0.659. The molecule has 0 fully saturated rings. The number of hydrogen-bond acceptors (Lipinski definition) is 5. The van der Waals surface area contributed by atoms with Crippen molar-refractivity contribution in [1.29, 1.82) is 0 Å². The molecular formula is C10H18O4S.